The Morgan fingerprint density at radius 2 is 2.17 bits per heavy atom. The monoisotopic (exact) mass is 318 g/mol. The van der Waals surface area contributed by atoms with E-state index < -0.39 is 17.8 Å². The molecule has 0 unspecified atom stereocenters. The number of carbonyl (C=O) groups is 2. The first-order chi connectivity index (χ1) is 8.40. The molecule has 1 rings (SSSR count). The van der Waals surface area contributed by atoms with Gasteiger partial charge < -0.3 is 15.3 Å². The van der Waals surface area contributed by atoms with Crippen molar-refractivity contribution in [2.45, 2.75) is 6.42 Å². The molecule has 2 amide bonds. The summed E-state index contributed by atoms with van der Waals surface area (Å²) in [7, 11) is 1.44. The number of rotatable bonds is 4. The van der Waals surface area contributed by atoms with E-state index in [1.54, 1.807) is 6.07 Å². The van der Waals surface area contributed by atoms with Crippen molar-refractivity contribution in [1.82, 2.24) is 4.90 Å². The lowest BCUT2D eigenvalue weighted by molar-refractivity contribution is -0.137. The number of anilines is 1. The van der Waals surface area contributed by atoms with Crippen LogP contribution in [0.5, 0.6) is 0 Å². The smallest absolute Gasteiger partial charge is 0.321 e. The zero-order valence-electron chi connectivity index (χ0n) is 9.61. The van der Waals surface area contributed by atoms with E-state index in [9.17, 15) is 14.0 Å². The lowest BCUT2D eigenvalue weighted by Gasteiger charge is -2.17. The third-order valence-corrected chi connectivity index (χ3v) is 2.67. The number of urea groups is 1. The fourth-order valence-electron chi connectivity index (χ4n) is 1.17. The zero-order valence-corrected chi connectivity index (χ0v) is 11.2. The molecule has 7 heteroatoms. The van der Waals surface area contributed by atoms with Crippen molar-refractivity contribution in [3.05, 3.63) is 28.5 Å². The van der Waals surface area contributed by atoms with Crippen LogP contribution in [0, 0.1) is 5.82 Å². The van der Waals surface area contributed by atoms with Gasteiger partial charge in [0.25, 0.3) is 0 Å². The van der Waals surface area contributed by atoms with E-state index in [0.717, 1.165) is 0 Å². The van der Waals surface area contributed by atoms with Crippen LogP contribution in [0.4, 0.5) is 14.9 Å². The minimum Gasteiger partial charge on any atom is -0.481 e. The van der Waals surface area contributed by atoms with Gasteiger partial charge in [-0.05, 0) is 18.2 Å². The molecule has 0 atom stereocenters. The Morgan fingerprint density at radius 3 is 2.72 bits per heavy atom. The van der Waals surface area contributed by atoms with Gasteiger partial charge in [-0.1, -0.05) is 15.9 Å². The van der Waals surface area contributed by atoms with Gasteiger partial charge in [0.1, 0.15) is 5.82 Å². The molecule has 0 saturated carbocycles. The van der Waals surface area contributed by atoms with Gasteiger partial charge in [-0.15, -0.1) is 0 Å². The number of hydrogen-bond donors (Lipinski definition) is 2. The van der Waals surface area contributed by atoms with Gasteiger partial charge in [0.05, 0.1) is 12.1 Å². The van der Waals surface area contributed by atoms with Gasteiger partial charge in [0.2, 0.25) is 0 Å². The van der Waals surface area contributed by atoms with E-state index in [4.69, 9.17) is 5.11 Å². The number of carbonyl (C=O) groups excluding carboxylic acids is 1. The number of carboxylic acid groups (broad SMARTS) is 1. The topological polar surface area (TPSA) is 69.6 Å². The van der Waals surface area contributed by atoms with E-state index in [2.05, 4.69) is 21.2 Å². The molecule has 2 N–H and O–H groups in total. The van der Waals surface area contributed by atoms with Crippen LogP contribution in [-0.4, -0.2) is 35.6 Å². The lowest BCUT2D eigenvalue weighted by atomic mass is 10.3. The number of benzene rings is 1. The number of aliphatic carboxylic acids is 1. The number of halogens is 2. The Bertz CT molecular complexity index is 468. The van der Waals surface area contributed by atoms with Crippen LogP contribution in [0.1, 0.15) is 6.42 Å². The highest BCUT2D eigenvalue weighted by Gasteiger charge is 2.12. The molecule has 0 saturated heterocycles. The Morgan fingerprint density at radius 1 is 1.50 bits per heavy atom. The summed E-state index contributed by atoms with van der Waals surface area (Å²) in [6, 6.07) is 3.68. The van der Waals surface area contributed by atoms with Crippen molar-refractivity contribution < 1.29 is 19.1 Å². The first-order valence-electron chi connectivity index (χ1n) is 5.09. The Balaban J connectivity index is 2.61. The van der Waals surface area contributed by atoms with Gasteiger partial charge >= 0.3 is 12.0 Å². The second-order valence-corrected chi connectivity index (χ2v) is 4.54. The molecule has 1 aromatic rings. The van der Waals surface area contributed by atoms with Gasteiger partial charge in [0.15, 0.2) is 0 Å². The fourth-order valence-corrected chi connectivity index (χ4v) is 1.50. The van der Waals surface area contributed by atoms with Gasteiger partial charge in [-0.3, -0.25) is 4.79 Å². The second-order valence-electron chi connectivity index (χ2n) is 3.62. The molecule has 0 spiro atoms. The molecule has 0 radical (unpaired) electrons. The normalized spacial score (nSPS) is 9.94. The van der Waals surface area contributed by atoms with Crippen LogP contribution in [0.25, 0.3) is 0 Å². The lowest BCUT2D eigenvalue weighted by Crippen LogP contribution is -2.33. The Hall–Kier alpha value is -1.63. The summed E-state index contributed by atoms with van der Waals surface area (Å²) in [5.41, 5.74) is 0.0466. The molecule has 98 valence electrons. The number of carboxylic acids is 1. The van der Waals surface area contributed by atoms with Crippen LogP contribution < -0.4 is 5.32 Å². The fraction of sp³-hybridized carbons (Fsp3) is 0.273. The quantitative estimate of drug-likeness (QED) is 0.896. The van der Waals surface area contributed by atoms with Crippen LogP contribution in [-0.2, 0) is 4.79 Å². The summed E-state index contributed by atoms with van der Waals surface area (Å²) in [4.78, 5) is 23.1. The van der Waals surface area contributed by atoms with E-state index in [1.807, 2.05) is 0 Å². The summed E-state index contributed by atoms with van der Waals surface area (Å²) in [5, 5.41) is 10.8. The summed E-state index contributed by atoms with van der Waals surface area (Å²) >= 11 is 3.10. The van der Waals surface area contributed by atoms with E-state index in [1.165, 1.54) is 24.1 Å². The number of hydrogen-bond acceptors (Lipinski definition) is 2. The molecule has 0 aliphatic rings. The molecular formula is C11H12BrFN2O3. The van der Waals surface area contributed by atoms with Crippen LogP contribution in [0.2, 0.25) is 0 Å². The van der Waals surface area contributed by atoms with Crippen LogP contribution in [0.15, 0.2) is 22.7 Å². The molecule has 1 aromatic carbocycles. The summed E-state index contributed by atoms with van der Waals surface area (Å²) in [6.07, 6.45) is -0.160. The highest BCUT2D eigenvalue weighted by Crippen LogP contribution is 2.19. The zero-order chi connectivity index (χ0) is 13.7. The summed E-state index contributed by atoms with van der Waals surface area (Å²) in [5.74, 6) is -1.56. The molecule has 5 nitrogen and oxygen atoms in total. The van der Waals surface area contributed by atoms with Crippen molar-refractivity contribution in [3.8, 4) is 0 Å². The first-order valence-corrected chi connectivity index (χ1v) is 5.88. The highest BCUT2D eigenvalue weighted by molar-refractivity contribution is 9.10. The third-order valence-electron chi connectivity index (χ3n) is 2.18. The number of amides is 2. The van der Waals surface area contributed by atoms with Gasteiger partial charge in [-0.2, -0.15) is 0 Å². The number of nitrogens with zero attached hydrogens (tertiary/aromatic N) is 1. The standard InChI is InChI=1S/C11H12BrFN2O3/c1-15(5-4-10(16)17)11(18)14-9-3-2-7(12)6-8(9)13/h2-3,6H,4-5H2,1H3,(H,14,18)(H,16,17). The van der Waals surface area contributed by atoms with Crippen molar-refractivity contribution in [2.75, 3.05) is 18.9 Å². The average molecular weight is 319 g/mol. The van der Waals surface area contributed by atoms with E-state index in [0.29, 0.717) is 4.47 Å². The van der Waals surface area contributed by atoms with Crippen LogP contribution in [0.3, 0.4) is 0 Å². The molecule has 0 aromatic heterocycles. The van der Waals surface area contributed by atoms with Gasteiger partial charge in [-0.25, -0.2) is 9.18 Å². The van der Waals surface area contributed by atoms with Crippen molar-refractivity contribution in [1.29, 1.82) is 0 Å². The van der Waals surface area contributed by atoms with E-state index >= 15 is 0 Å². The molecule has 0 aliphatic carbocycles. The maximum absolute atomic E-state index is 13.4. The molecule has 0 bridgehead atoms. The minimum atomic E-state index is -0.996. The Labute approximate surface area is 112 Å². The van der Waals surface area contributed by atoms with Crippen LogP contribution >= 0.6 is 15.9 Å². The molecular weight excluding hydrogens is 307 g/mol. The average Bonchev–Trinajstić information content (AvgIpc) is 2.29. The molecule has 0 fully saturated rings. The maximum Gasteiger partial charge on any atom is 0.321 e. The largest absolute Gasteiger partial charge is 0.481 e. The van der Waals surface area contributed by atoms with Gasteiger partial charge in [0, 0.05) is 18.1 Å². The molecule has 0 aliphatic heterocycles. The molecule has 18 heavy (non-hydrogen) atoms. The number of nitrogens with one attached hydrogen (secondary N) is 1. The first kappa shape index (κ1) is 14.4. The predicted octanol–water partition coefficient (Wildman–Crippen LogP) is 2.53. The Kier molecular flexibility index (Phi) is 5.08. The van der Waals surface area contributed by atoms with Crippen molar-refractivity contribution in [2.24, 2.45) is 0 Å². The summed E-state index contributed by atoms with van der Waals surface area (Å²) < 4.78 is 14.0. The highest BCUT2D eigenvalue weighted by atomic mass is 79.9. The molecule has 0 heterocycles. The second kappa shape index (κ2) is 6.34. The SMILES string of the molecule is CN(CCC(=O)O)C(=O)Nc1ccc(Br)cc1F. The van der Waals surface area contributed by atoms with Crippen molar-refractivity contribution in [3.63, 3.8) is 0 Å². The third kappa shape index (κ3) is 4.33. The maximum atomic E-state index is 13.4. The van der Waals surface area contributed by atoms with Crippen molar-refractivity contribution >= 4 is 33.6 Å². The minimum absolute atomic E-state index is 0.0466. The summed E-state index contributed by atoms with van der Waals surface area (Å²) in [6.45, 7) is 0.0549. The van der Waals surface area contributed by atoms with E-state index in [-0.39, 0.29) is 18.7 Å². The predicted molar refractivity (Wildman–Crippen MR) is 68.0 cm³/mol.